The van der Waals surface area contributed by atoms with E-state index in [1.165, 1.54) is 5.56 Å². The molecule has 6 nitrogen and oxygen atoms in total. The van der Waals surface area contributed by atoms with E-state index in [0.717, 1.165) is 36.9 Å². The van der Waals surface area contributed by atoms with Crippen LogP contribution in [0.3, 0.4) is 0 Å². The summed E-state index contributed by atoms with van der Waals surface area (Å²) in [5, 5.41) is 2.85. The highest BCUT2D eigenvalue weighted by molar-refractivity contribution is 7.91. The molecule has 5 rings (SSSR count). The highest BCUT2D eigenvalue weighted by Crippen LogP contribution is 2.32. The zero-order chi connectivity index (χ0) is 24.4. The van der Waals surface area contributed by atoms with Gasteiger partial charge in [-0.05, 0) is 85.2 Å². The Labute approximate surface area is 205 Å². The Morgan fingerprint density at radius 3 is 2.34 bits per heavy atom. The summed E-state index contributed by atoms with van der Waals surface area (Å²) in [6, 6.07) is 21.5. The van der Waals surface area contributed by atoms with Crippen molar-refractivity contribution in [2.45, 2.75) is 37.0 Å². The quantitative estimate of drug-likeness (QED) is 0.525. The molecular formula is C28H28N2O4S. The first-order chi connectivity index (χ1) is 16.9. The molecule has 0 atom stereocenters. The third-order valence-corrected chi connectivity index (χ3v) is 8.47. The van der Waals surface area contributed by atoms with Gasteiger partial charge in [0.05, 0.1) is 17.1 Å². The summed E-state index contributed by atoms with van der Waals surface area (Å²) in [5.74, 6) is 0.243. The molecule has 0 bridgehead atoms. The molecule has 1 aliphatic heterocycles. The number of benzene rings is 3. The van der Waals surface area contributed by atoms with E-state index in [9.17, 15) is 18.0 Å². The molecule has 0 unspecified atom stereocenters. The van der Waals surface area contributed by atoms with Crippen LogP contribution in [0.1, 0.15) is 40.7 Å². The molecule has 1 aliphatic carbocycles. The van der Waals surface area contributed by atoms with Gasteiger partial charge in [-0.2, -0.15) is 0 Å². The van der Waals surface area contributed by atoms with Crippen molar-refractivity contribution in [1.82, 2.24) is 0 Å². The maximum Gasteiger partial charge on any atom is 0.258 e. The molecule has 3 aromatic carbocycles. The Morgan fingerprint density at radius 2 is 1.63 bits per heavy atom. The Balaban J connectivity index is 1.19. The van der Waals surface area contributed by atoms with Crippen LogP contribution in [0.4, 0.5) is 11.4 Å². The third-order valence-electron chi connectivity index (χ3n) is 6.57. The van der Waals surface area contributed by atoms with Gasteiger partial charge in [-0.1, -0.05) is 30.3 Å². The number of para-hydroxylation sites is 1. The van der Waals surface area contributed by atoms with Crippen LogP contribution in [-0.2, 0) is 27.5 Å². The summed E-state index contributed by atoms with van der Waals surface area (Å²) in [6.45, 7) is 0.689. The minimum atomic E-state index is -3.26. The lowest BCUT2D eigenvalue weighted by atomic mass is 10.0. The lowest BCUT2D eigenvalue weighted by Gasteiger charge is -2.29. The number of anilines is 2. The van der Waals surface area contributed by atoms with Crippen molar-refractivity contribution in [1.29, 1.82) is 0 Å². The zero-order valence-corrected chi connectivity index (χ0v) is 20.3. The molecule has 35 heavy (non-hydrogen) atoms. The van der Waals surface area contributed by atoms with Crippen LogP contribution in [0.5, 0.6) is 0 Å². The van der Waals surface area contributed by atoms with Gasteiger partial charge in [0.2, 0.25) is 5.91 Å². The summed E-state index contributed by atoms with van der Waals surface area (Å²) < 4.78 is 24.8. The van der Waals surface area contributed by atoms with Crippen molar-refractivity contribution < 1.29 is 18.0 Å². The predicted molar refractivity (Wildman–Crippen MR) is 136 cm³/mol. The standard InChI is InChI=1S/C28H28N2O4S/c31-27(18-20-9-15-25(16-10-20)35(33,34)19-21-7-8-21)29-24-13-11-23(12-14-24)28(32)30-17-3-5-22-4-1-2-6-26(22)30/h1-2,4,6,9-16,21H,3,5,7-8,17-19H2,(H,29,31). The molecule has 0 radical (unpaired) electrons. The van der Waals surface area contributed by atoms with E-state index in [2.05, 4.69) is 11.4 Å². The van der Waals surface area contributed by atoms with Gasteiger partial charge in [0.25, 0.3) is 5.91 Å². The molecular weight excluding hydrogens is 460 g/mol. The minimum Gasteiger partial charge on any atom is -0.326 e. The first-order valence-corrected chi connectivity index (χ1v) is 13.7. The van der Waals surface area contributed by atoms with Crippen molar-refractivity contribution in [3.05, 3.63) is 89.5 Å². The van der Waals surface area contributed by atoms with Crippen LogP contribution in [0, 0.1) is 5.92 Å². The fourth-order valence-electron chi connectivity index (χ4n) is 4.49. The van der Waals surface area contributed by atoms with Crippen LogP contribution in [0.15, 0.2) is 77.7 Å². The number of hydrogen-bond acceptors (Lipinski definition) is 4. The molecule has 1 fully saturated rings. The number of sulfone groups is 1. The fraction of sp³-hybridized carbons (Fsp3) is 0.286. The van der Waals surface area contributed by atoms with Gasteiger partial charge in [-0.3, -0.25) is 9.59 Å². The molecule has 2 aliphatic rings. The predicted octanol–water partition coefficient (Wildman–Crippen LogP) is 4.64. The van der Waals surface area contributed by atoms with Crippen LogP contribution < -0.4 is 10.2 Å². The third kappa shape index (κ3) is 5.46. The first kappa shape index (κ1) is 23.3. The van der Waals surface area contributed by atoms with E-state index in [4.69, 9.17) is 0 Å². The van der Waals surface area contributed by atoms with Gasteiger partial charge in [0.15, 0.2) is 9.84 Å². The lowest BCUT2D eigenvalue weighted by molar-refractivity contribution is -0.115. The highest BCUT2D eigenvalue weighted by atomic mass is 32.2. The number of nitrogens with one attached hydrogen (secondary N) is 1. The number of rotatable bonds is 7. The number of carbonyl (C=O) groups is 2. The summed E-state index contributed by atoms with van der Waals surface area (Å²) in [6.07, 6.45) is 4.01. The molecule has 3 aromatic rings. The normalized spacial score (nSPS) is 15.4. The lowest BCUT2D eigenvalue weighted by Crippen LogP contribution is -2.35. The van der Waals surface area contributed by atoms with E-state index in [1.54, 1.807) is 48.5 Å². The molecule has 0 aromatic heterocycles. The molecule has 1 heterocycles. The number of nitrogens with zero attached hydrogens (tertiary/aromatic N) is 1. The second-order valence-corrected chi connectivity index (χ2v) is 11.4. The monoisotopic (exact) mass is 488 g/mol. The van der Waals surface area contributed by atoms with Crippen molar-refractivity contribution >= 4 is 33.0 Å². The van der Waals surface area contributed by atoms with Crippen LogP contribution in [0.25, 0.3) is 0 Å². The Hall–Kier alpha value is -3.45. The number of amides is 2. The maximum absolute atomic E-state index is 13.1. The molecule has 1 saturated carbocycles. The van der Waals surface area contributed by atoms with Gasteiger partial charge in [-0.25, -0.2) is 8.42 Å². The van der Waals surface area contributed by atoms with Gasteiger partial charge < -0.3 is 10.2 Å². The Bertz CT molecular complexity index is 1340. The fourth-order valence-corrected chi connectivity index (χ4v) is 6.19. The zero-order valence-electron chi connectivity index (χ0n) is 19.4. The molecule has 0 spiro atoms. The number of hydrogen-bond donors (Lipinski definition) is 1. The summed E-state index contributed by atoms with van der Waals surface area (Å²) >= 11 is 0. The molecule has 1 N–H and O–H groups in total. The van der Waals surface area contributed by atoms with Crippen LogP contribution in [-0.4, -0.2) is 32.5 Å². The average molecular weight is 489 g/mol. The largest absolute Gasteiger partial charge is 0.326 e. The summed E-state index contributed by atoms with van der Waals surface area (Å²) in [5.41, 5.74) is 4.07. The summed E-state index contributed by atoms with van der Waals surface area (Å²) in [7, 11) is -3.26. The van der Waals surface area contributed by atoms with E-state index >= 15 is 0 Å². The number of aryl methyl sites for hydroxylation is 1. The molecule has 7 heteroatoms. The Kier molecular flexibility index (Phi) is 6.43. The van der Waals surface area contributed by atoms with Crippen molar-refractivity contribution in [2.24, 2.45) is 5.92 Å². The van der Waals surface area contributed by atoms with E-state index in [1.807, 2.05) is 23.1 Å². The second kappa shape index (κ2) is 9.66. The van der Waals surface area contributed by atoms with Crippen LogP contribution in [0.2, 0.25) is 0 Å². The van der Waals surface area contributed by atoms with Gasteiger partial charge in [-0.15, -0.1) is 0 Å². The van der Waals surface area contributed by atoms with E-state index < -0.39 is 9.84 Å². The highest BCUT2D eigenvalue weighted by Gasteiger charge is 2.29. The molecule has 2 amide bonds. The maximum atomic E-state index is 13.1. The van der Waals surface area contributed by atoms with Crippen LogP contribution >= 0.6 is 0 Å². The van der Waals surface area contributed by atoms with Crippen molar-refractivity contribution in [3.63, 3.8) is 0 Å². The second-order valence-electron chi connectivity index (χ2n) is 9.36. The average Bonchev–Trinajstić information content (AvgIpc) is 3.67. The minimum absolute atomic E-state index is 0.0493. The summed E-state index contributed by atoms with van der Waals surface area (Å²) in [4.78, 5) is 27.7. The Morgan fingerprint density at radius 1 is 0.914 bits per heavy atom. The van der Waals surface area contributed by atoms with E-state index in [0.29, 0.717) is 28.6 Å². The van der Waals surface area contributed by atoms with Gasteiger partial charge in [0, 0.05) is 23.5 Å². The smallest absolute Gasteiger partial charge is 0.258 e. The topological polar surface area (TPSA) is 83.5 Å². The van der Waals surface area contributed by atoms with Gasteiger partial charge >= 0.3 is 0 Å². The SMILES string of the molecule is O=C(Cc1ccc(S(=O)(=O)CC2CC2)cc1)Nc1ccc(C(=O)N2CCCc3ccccc32)cc1. The number of fused-ring (bicyclic) bond motifs is 1. The first-order valence-electron chi connectivity index (χ1n) is 12.0. The molecule has 0 saturated heterocycles. The van der Waals surface area contributed by atoms with Crippen molar-refractivity contribution in [3.8, 4) is 0 Å². The molecule has 180 valence electrons. The number of carbonyl (C=O) groups excluding carboxylic acids is 2. The van der Waals surface area contributed by atoms with E-state index in [-0.39, 0.29) is 24.0 Å². The van der Waals surface area contributed by atoms with Crippen molar-refractivity contribution in [2.75, 3.05) is 22.5 Å². The van der Waals surface area contributed by atoms with Gasteiger partial charge in [0.1, 0.15) is 0 Å².